The van der Waals surface area contributed by atoms with E-state index in [4.69, 9.17) is 10.5 Å². The Morgan fingerprint density at radius 1 is 1.33 bits per heavy atom. The molecule has 0 saturated carbocycles. The lowest BCUT2D eigenvalue weighted by atomic mass is 10.5. The van der Waals surface area contributed by atoms with Crippen LogP contribution < -0.4 is 10.5 Å². The summed E-state index contributed by atoms with van der Waals surface area (Å²) in [4.78, 5) is 7.85. The van der Waals surface area contributed by atoms with Crippen LogP contribution in [0.2, 0.25) is 0 Å². The minimum Gasteiger partial charge on any atom is -0.405 e. The average molecular weight is 205 g/mol. The van der Waals surface area contributed by atoms with Crippen molar-refractivity contribution in [2.45, 2.75) is 6.92 Å². The first-order valence-corrected chi connectivity index (χ1v) is 4.41. The molecule has 0 atom stereocenters. The van der Waals surface area contributed by atoms with Gasteiger partial charge >= 0.3 is 6.01 Å². The molecule has 0 radical (unpaired) electrons. The summed E-state index contributed by atoms with van der Waals surface area (Å²) in [6, 6.07) is 2.06. The van der Waals surface area contributed by atoms with Crippen LogP contribution in [-0.4, -0.2) is 19.7 Å². The number of rotatable bonds is 2. The van der Waals surface area contributed by atoms with Crippen molar-refractivity contribution in [1.29, 1.82) is 0 Å². The van der Waals surface area contributed by atoms with Crippen LogP contribution in [0.25, 0.3) is 0 Å². The molecule has 2 N–H and O–H groups in total. The van der Waals surface area contributed by atoms with Crippen LogP contribution in [0.4, 0.5) is 5.69 Å². The maximum Gasteiger partial charge on any atom is 0.323 e. The smallest absolute Gasteiger partial charge is 0.323 e. The number of aryl methyl sites for hydroxylation is 2. The van der Waals surface area contributed by atoms with E-state index in [0.717, 1.165) is 5.69 Å². The van der Waals surface area contributed by atoms with E-state index in [9.17, 15) is 0 Å². The van der Waals surface area contributed by atoms with Crippen molar-refractivity contribution in [1.82, 2.24) is 19.7 Å². The van der Waals surface area contributed by atoms with Crippen molar-refractivity contribution < 1.29 is 4.74 Å². The van der Waals surface area contributed by atoms with Gasteiger partial charge in [-0.1, -0.05) is 0 Å². The van der Waals surface area contributed by atoms with Crippen LogP contribution in [-0.2, 0) is 7.05 Å². The lowest BCUT2D eigenvalue weighted by Crippen LogP contribution is -1.98. The molecule has 2 aromatic heterocycles. The van der Waals surface area contributed by atoms with Gasteiger partial charge in [0.25, 0.3) is 0 Å². The number of nitrogen functional groups attached to an aromatic ring is 1. The quantitative estimate of drug-likeness (QED) is 0.787. The lowest BCUT2D eigenvalue weighted by Gasteiger charge is -2.02. The number of nitrogens with zero attached hydrogens (tertiary/aromatic N) is 4. The van der Waals surface area contributed by atoms with Crippen molar-refractivity contribution in [3.8, 4) is 11.9 Å². The zero-order chi connectivity index (χ0) is 10.8. The molecule has 0 spiro atoms. The maximum atomic E-state index is 5.46. The molecule has 0 saturated heterocycles. The summed E-state index contributed by atoms with van der Waals surface area (Å²) >= 11 is 0. The first-order valence-electron chi connectivity index (χ1n) is 4.41. The second kappa shape index (κ2) is 3.56. The van der Waals surface area contributed by atoms with E-state index in [1.807, 2.05) is 6.92 Å². The predicted molar refractivity (Wildman–Crippen MR) is 54.5 cm³/mol. The van der Waals surface area contributed by atoms with E-state index in [2.05, 4.69) is 15.1 Å². The number of ether oxygens (including phenoxy) is 1. The highest BCUT2D eigenvalue weighted by Crippen LogP contribution is 2.17. The zero-order valence-corrected chi connectivity index (χ0v) is 8.51. The molecule has 0 unspecified atom stereocenters. The third-order valence-corrected chi connectivity index (χ3v) is 1.80. The zero-order valence-electron chi connectivity index (χ0n) is 8.51. The fourth-order valence-corrected chi connectivity index (χ4v) is 1.15. The van der Waals surface area contributed by atoms with E-state index in [1.54, 1.807) is 17.8 Å². The molecule has 78 valence electrons. The molecule has 0 aliphatic rings. The first-order chi connectivity index (χ1) is 7.15. The molecule has 6 heteroatoms. The molecule has 0 fully saturated rings. The van der Waals surface area contributed by atoms with E-state index >= 15 is 0 Å². The molecular weight excluding hydrogens is 194 g/mol. The highest BCUT2D eigenvalue weighted by atomic mass is 16.5. The topological polar surface area (TPSA) is 78.9 Å². The maximum absolute atomic E-state index is 5.46. The van der Waals surface area contributed by atoms with E-state index in [1.165, 1.54) is 12.4 Å². The van der Waals surface area contributed by atoms with Crippen LogP contribution in [0, 0.1) is 6.92 Å². The number of hydrogen-bond donors (Lipinski definition) is 1. The van der Waals surface area contributed by atoms with Gasteiger partial charge in [0.1, 0.15) is 0 Å². The molecule has 0 aliphatic heterocycles. The Bertz CT molecular complexity index is 462. The molecule has 2 rings (SSSR count). The molecule has 15 heavy (non-hydrogen) atoms. The van der Waals surface area contributed by atoms with Gasteiger partial charge in [-0.2, -0.15) is 5.10 Å². The molecule has 0 aliphatic carbocycles. The minimum absolute atomic E-state index is 0.257. The van der Waals surface area contributed by atoms with Crippen molar-refractivity contribution in [2.24, 2.45) is 7.05 Å². The van der Waals surface area contributed by atoms with Gasteiger partial charge in [0.05, 0.1) is 23.8 Å². The van der Waals surface area contributed by atoms with Gasteiger partial charge in [-0.15, -0.1) is 0 Å². The van der Waals surface area contributed by atoms with Gasteiger partial charge in [-0.3, -0.25) is 0 Å². The van der Waals surface area contributed by atoms with Gasteiger partial charge in [0.15, 0.2) is 0 Å². The van der Waals surface area contributed by atoms with Crippen molar-refractivity contribution in [3.63, 3.8) is 0 Å². The molecule has 2 aromatic rings. The highest BCUT2D eigenvalue weighted by Gasteiger charge is 2.05. The minimum atomic E-state index is 0.257. The van der Waals surface area contributed by atoms with Crippen LogP contribution in [0.15, 0.2) is 18.5 Å². The summed E-state index contributed by atoms with van der Waals surface area (Å²) in [6.07, 6.45) is 2.98. The standard InChI is InChI=1S/C9H11N5O/c1-6-3-8(14(2)13-6)15-9-11-4-7(10)5-12-9/h3-5H,10H2,1-2H3. The summed E-state index contributed by atoms with van der Waals surface area (Å²) in [5.41, 5.74) is 6.84. The lowest BCUT2D eigenvalue weighted by molar-refractivity contribution is 0.399. The SMILES string of the molecule is Cc1cc(Oc2ncc(N)cn2)n(C)n1. The van der Waals surface area contributed by atoms with Gasteiger partial charge in [0.2, 0.25) is 5.88 Å². The summed E-state index contributed by atoms with van der Waals surface area (Å²) in [5.74, 6) is 0.595. The van der Waals surface area contributed by atoms with Gasteiger partial charge in [0, 0.05) is 13.1 Å². The van der Waals surface area contributed by atoms with Crippen LogP contribution in [0.5, 0.6) is 11.9 Å². The number of aromatic nitrogens is 4. The third kappa shape index (κ3) is 2.04. The molecule has 6 nitrogen and oxygen atoms in total. The summed E-state index contributed by atoms with van der Waals surface area (Å²) in [7, 11) is 1.79. The Morgan fingerprint density at radius 2 is 2.00 bits per heavy atom. The predicted octanol–water partition coefficient (Wildman–Crippen LogP) is 0.893. The second-order valence-electron chi connectivity index (χ2n) is 3.15. The summed E-state index contributed by atoms with van der Waals surface area (Å²) < 4.78 is 7.03. The highest BCUT2D eigenvalue weighted by molar-refractivity contribution is 5.31. The Balaban J connectivity index is 2.21. The second-order valence-corrected chi connectivity index (χ2v) is 3.15. The van der Waals surface area contributed by atoms with Gasteiger partial charge < -0.3 is 10.5 Å². The fourth-order valence-electron chi connectivity index (χ4n) is 1.15. The normalized spacial score (nSPS) is 10.3. The fraction of sp³-hybridized carbons (Fsp3) is 0.222. The number of anilines is 1. The largest absolute Gasteiger partial charge is 0.405 e. The van der Waals surface area contributed by atoms with E-state index in [0.29, 0.717) is 11.6 Å². The van der Waals surface area contributed by atoms with Gasteiger partial charge in [-0.25, -0.2) is 14.6 Å². The summed E-state index contributed by atoms with van der Waals surface area (Å²) in [5, 5.41) is 4.14. The molecular formula is C9H11N5O. The van der Waals surface area contributed by atoms with E-state index in [-0.39, 0.29) is 6.01 Å². The molecule has 0 bridgehead atoms. The van der Waals surface area contributed by atoms with Crippen LogP contribution >= 0.6 is 0 Å². The van der Waals surface area contributed by atoms with Crippen LogP contribution in [0.1, 0.15) is 5.69 Å². The third-order valence-electron chi connectivity index (χ3n) is 1.80. The van der Waals surface area contributed by atoms with Crippen molar-refractivity contribution in [2.75, 3.05) is 5.73 Å². The van der Waals surface area contributed by atoms with Gasteiger partial charge in [-0.05, 0) is 6.92 Å². The van der Waals surface area contributed by atoms with Crippen molar-refractivity contribution >= 4 is 5.69 Å². The Labute approximate surface area is 86.7 Å². The summed E-state index contributed by atoms with van der Waals surface area (Å²) in [6.45, 7) is 1.89. The molecule has 0 amide bonds. The Morgan fingerprint density at radius 3 is 2.53 bits per heavy atom. The van der Waals surface area contributed by atoms with Crippen LogP contribution in [0.3, 0.4) is 0 Å². The number of hydrogen-bond acceptors (Lipinski definition) is 5. The Hall–Kier alpha value is -2.11. The van der Waals surface area contributed by atoms with Crippen molar-refractivity contribution in [3.05, 3.63) is 24.2 Å². The molecule has 2 heterocycles. The Kier molecular flexibility index (Phi) is 2.24. The van der Waals surface area contributed by atoms with E-state index < -0.39 is 0 Å². The molecule has 0 aromatic carbocycles. The average Bonchev–Trinajstić information content (AvgIpc) is 2.49. The first kappa shape index (κ1) is 9.45. The number of nitrogens with two attached hydrogens (primary N) is 1. The monoisotopic (exact) mass is 205 g/mol.